The number of methoxy groups -OCH3 is 2. The molecular formula is C23H25N3O5. The fraction of sp³-hybridized carbons (Fsp3) is 0.304. The summed E-state index contributed by atoms with van der Waals surface area (Å²) in [5.41, 5.74) is 3.25. The third kappa shape index (κ3) is 5.28. The van der Waals surface area contributed by atoms with E-state index in [9.17, 15) is 9.59 Å². The van der Waals surface area contributed by atoms with Gasteiger partial charge in [0.05, 0.1) is 32.1 Å². The first-order valence-electron chi connectivity index (χ1n) is 9.99. The molecule has 31 heavy (non-hydrogen) atoms. The molecule has 0 atom stereocenters. The van der Waals surface area contributed by atoms with Gasteiger partial charge in [-0.3, -0.25) is 4.79 Å². The van der Waals surface area contributed by atoms with Crippen LogP contribution in [0.15, 0.2) is 48.5 Å². The fourth-order valence-electron chi connectivity index (χ4n) is 3.03. The van der Waals surface area contributed by atoms with Crippen LogP contribution in [0.4, 0.5) is 0 Å². The Bertz CT molecular complexity index is 1030. The second-order valence-corrected chi connectivity index (χ2v) is 6.82. The van der Waals surface area contributed by atoms with E-state index in [0.29, 0.717) is 23.6 Å². The molecule has 0 aliphatic carbocycles. The number of hydrogen-bond donors (Lipinski definition) is 0. The molecule has 0 saturated heterocycles. The molecule has 3 aromatic rings. The van der Waals surface area contributed by atoms with Gasteiger partial charge >= 0.3 is 11.9 Å². The summed E-state index contributed by atoms with van der Waals surface area (Å²) in [4.78, 5) is 24.1. The van der Waals surface area contributed by atoms with Gasteiger partial charge in [0.25, 0.3) is 0 Å². The van der Waals surface area contributed by atoms with Crippen molar-refractivity contribution in [2.45, 2.75) is 26.3 Å². The zero-order valence-corrected chi connectivity index (χ0v) is 17.8. The molecule has 0 aliphatic rings. The third-order valence-corrected chi connectivity index (χ3v) is 4.72. The van der Waals surface area contributed by atoms with Gasteiger partial charge in [-0.1, -0.05) is 30.7 Å². The van der Waals surface area contributed by atoms with Gasteiger partial charge in [-0.25, -0.2) is 9.48 Å². The number of carbonyl (C=O) groups is 2. The van der Waals surface area contributed by atoms with Gasteiger partial charge in [-0.15, -0.1) is 5.10 Å². The lowest BCUT2D eigenvalue weighted by atomic mass is 10.0. The molecule has 162 valence electrons. The van der Waals surface area contributed by atoms with E-state index in [1.165, 1.54) is 11.8 Å². The number of aromatic nitrogens is 3. The molecule has 0 bridgehead atoms. The summed E-state index contributed by atoms with van der Waals surface area (Å²) in [7, 11) is 2.94. The van der Waals surface area contributed by atoms with Crippen molar-refractivity contribution in [2.24, 2.45) is 0 Å². The van der Waals surface area contributed by atoms with Gasteiger partial charge in [-0.2, -0.15) is 0 Å². The maximum atomic E-state index is 12.3. The molecule has 0 spiro atoms. The first kappa shape index (κ1) is 22.0. The summed E-state index contributed by atoms with van der Waals surface area (Å²) in [6, 6.07) is 14.3. The molecule has 8 nitrogen and oxygen atoms in total. The normalized spacial score (nSPS) is 10.5. The second-order valence-electron chi connectivity index (χ2n) is 6.82. The monoisotopic (exact) mass is 423 g/mol. The number of nitrogens with zero attached hydrogens (tertiary/aromatic N) is 3. The van der Waals surface area contributed by atoms with Crippen LogP contribution in [-0.4, -0.2) is 47.8 Å². The number of unbranched alkanes of at least 4 members (excludes halogenated alkanes) is 1. The Hall–Kier alpha value is -3.68. The largest absolute Gasteiger partial charge is 0.497 e. The Morgan fingerprint density at radius 1 is 0.968 bits per heavy atom. The van der Waals surface area contributed by atoms with Gasteiger partial charge < -0.3 is 14.2 Å². The smallest absolute Gasteiger partial charge is 0.337 e. The Balaban J connectivity index is 1.98. The highest BCUT2D eigenvalue weighted by Crippen LogP contribution is 2.31. The molecule has 0 N–H and O–H groups in total. The van der Waals surface area contributed by atoms with Crippen molar-refractivity contribution in [1.82, 2.24) is 15.0 Å². The summed E-state index contributed by atoms with van der Waals surface area (Å²) in [6.45, 7) is 2.34. The first-order chi connectivity index (χ1) is 15.1. The molecule has 8 heteroatoms. The molecule has 0 unspecified atom stereocenters. The molecule has 0 fully saturated rings. The number of esters is 2. The van der Waals surface area contributed by atoms with Crippen LogP contribution in [0.25, 0.3) is 22.5 Å². The number of hydrogen-bond acceptors (Lipinski definition) is 7. The lowest BCUT2D eigenvalue weighted by molar-refractivity contribution is -0.144. The molecule has 1 heterocycles. The van der Waals surface area contributed by atoms with E-state index in [4.69, 9.17) is 14.2 Å². The highest BCUT2D eigenvalue weighted by Gasteiger charge is 2.20. The number of benzene rings is 2. The van der Waals surface area contributed by atoms with E-state index in [1.54, 1.807) is 31.4 Å². The molecule has 0 aliphatic heterocycles. The van der Waals surface area contributed by atoms with E-state index < -0.39 is 5.97 Å². The van der Waals surface area contributed by atoms with Gasteiger partial charge in [0.2, 0.25) is 0 Å². The van der Waals surface area contributed by atoms with E-state index in [0.717, 1.165) is 29.7 Å². The van der Waals surface area contributed by atoms with Crippen LogP contribution in [0.2, 0.25) is 0 Å². The molecule has 0 amide bonds. The second kappa shape index (κ2) is 10.4. The predicted molar refractivity (Wildman–Crippen MR) is 115 cm³/mol. The van der Waals surface area contributed by atoms with Crippen LogP contribution in [0.5, 0.6) is 5.75 Å². The number of carbonyl (C=O) groups excluding carboxylic acids is 2. The van der Waals surface area contributed by atoms with Crippen LogP contribution in [0, 0.1) is 0 Å². The van der Waals surface area contributed by atoms with E-state index >= 15 is 0 Å². The minimum Gasteiger partial charge on any atom is -0.497 e. The third-order valence-electron chi connectivity index (χ3n) is 4.72. The predicted octanol–water partition coefficient (Wildman–Crippen LogP) is 3.75. The number of rotatable bonds is 9. The Morgan fingerprint density at radius 3 is 2.26 bits per heavy atom. The van der Waals surface area contributed by atoms with Crippen LogP contribution >= 0.6 is 0 Å². The maximum Gasteiger partial charge on any atom is 0.337 e. The molecular weight excluding hydrogens is 398 g/mol. The highest BCUT2D eigenvalue weighted by atomic mass is 16.5. The Morgan fingerprint density at radius 2 is 1.65 bits per heavy atom. The number of ether oxygens (including phenoxy) is 3. The molecule has 0 radical (unpaired) electrons. The SMILES string of the molecule is CCCCOC(=O)Cn1nnc(-c2ccc(OC)cc2)c1-c1ccc(C(=O)OC)cc1. The van der Waals surface area contributed by atoms with Crippen LogP contribution in [-0.2, 0) is 20.8 Å². The van der Waals surface area contributed by atoms with E-state index in [-0.39, 0.29) is 12.5 Å². The first-order valence-corrected chi connectivity index (χ1v) is 9.99. The molecule has 2 aromatic carbocycles. The summed E-state index contributed by atoms with van der Waals surface area (Å²) >= 11 is 0. The average Bonchev–Trinajstić information content (AvgIpc) is 3.22. The van der Waals surface area contributed by atoms with Gasteiger partial charge in [0, 0.05) is 11.1 Å². The van der Waals surface area contributed by atoms with Gasteiger partial charge in [0.15, 0.2) is 0 Å². The lowest BCUT2D eigenvalue weighted by Crippen LogP contribution is -2.16. The topological polar surface area (TPSA) is 92.5 Å². The standard InChI is InChI=1S/C23H25N3O5/c1-4-5-14-31-20(27)15-26-22(17-6-8-18(9-7-17)23(28)30-3)21(24-25-26)16-10-12-19(29-2)13-11-16/h6-13H,4-5,14-15H2,1-3H3. The van der Waals surface area contributed by atoms with Crippen molar-refractivity contribution in [3.8, 4) is 28.3 Å². The Labute approximate surface area is 180 Å². The highest BCUT2D eigenvalue weighted by molar-refractivity contribution is 5.90. The zero-order valence-electron chi connectivity index (χ0n) is 17.8. The van der Waals surface area contributed by atoms with E-state index in [2.05, 4.69) is 10.3 Å². The summed E-state index contributed by atoms with van der Waals surface area (Å²) in [5, 5.41) is 8.51. The van der Waals surface area contributed by atoms with Crippen molar-refractivity contribution in [3.63, 3.8) is 0 Å². The fourth-order valence-corrected chi connectivity index (χ4v) is 3.03. The van der Waals surface area contributed by atoms with Crippen molar-refractivity contribution >= 4 is 11.9 Å². The molecule has 3 rings (SSSR count). The molecule has 0 saturated carbocycles. The van der Waals surface area contributed by atoms with Gasteiger partial charge in [0.1, 0.15) is 18.0 Å². The Kier molecular flexibility index (Phi) is 7.37. The van der Waals surface area contributed by atoms with Crippen LogP contribution in [0.1, 0.15) is 30.1 Å². The van der Waals surface area contributed by atoms with Gasteiger partial charge in [-0.05, 0) is 42.8 Å². The lowest BCUT2D eigenvalue weighted by Gasteiger charge is -2.10. The van der Waals surface area contributed by atoms with Crippen LogP contribution in [0.3, 0.4) is 0 Å². The van der Waals surface area contributed by atoms with Crippen molar-refractivity contribution in [1.29, 1.82) is 0 Å². The summed E-state index contributed by atoms with van der Waals surface area (Å²) in [5.74, 6) is -0.0836. The van der Waals surface area contributed by atoms with Crippen molar-refractivity contribution in [3.05, 3.63) is 54.1 Å². The van der Waals surface area contributed by atoms with Crippen LogP contribution < -0.4 is 4.74 Å². The summed E-state index contributed by atoms with van der Waals surface area (Å²) in [6.07, 6.45) is 1.75. The van der Waals surface area contributed by atoms with Crippen molar-refractivity contribution in [2.75, 3.05) is 20.8 Å². The zero-order chi connectivity index (χ0) is 22.2. The molecule has 1 aromatic heterocycles. The van der Waals surface area contributed by atoms with Crippen molar-refractivity contribution < 1.29 is 23.8 Å². The quantitative estimate of drug-likeness (QED) is 0.382. The minimum absolute atomic E-state index is 0.0685. The average molecular weight is 423 g/mol. The summed E-state index contributed by atoms with van der Waals surface area (Å²) < 4.78 is 16.8. The maximum absolute atomic E-state index is 12.3. The van der Waals surface area contributed by atoms with E-state index in [1.807, 2.05) is 31.2 Å². The minimum atomic E-state index is -0.423.